The molecule has 0 bridgehead atoms. The summed E-state index contributed by atoms with van der Waals surface area (Å²) >= 11 is 11.9. The number of halogens is 2. The molecule has 9 heteroatoms. The van der Waals surface area contributed by atoms with Gasteiger partial charge in [-0.15, -0.1) is 0 Å². The van der Waals surface area contributed by atoms with Gasteiger partial charge in [-0.2, -0.15) is 0 Å². The van der Waals surface area contributed by atoms with Gasteiger partial charge in [0.25, 0.3) is 0 Å². The Bertz CT molecular complexity index is 1030. The van der Waals surface area contributed by atoms with E-state index in [-0.39, 0.29) is 21.4 Å². The minimum Gasteiger partial charge on any atom is -0.454 e. The molecule has 1 aliphatic rings. The van der Waals surface area contributed by atoms with Crippen LogP contribution >= 0.6 is 23.2 Å². The monoisotopic (exact) mass is 441 g/mol. The molecule has 3 rings (SSSR count). The molecule has 1 heterocycles. The zero-order valence-electron chi connectivity index (χ0n) is 14.9. The fraction of sp³-hybridized carbons (Fsp3) is 0.263. The van der Waals surface area contributed by atoms with E-state index in [1.165, 1.54) is 22.5 Å². The molecular formula is C19H17Cl2NO5S. The minimum atomic E-state index is -3.35. The molecule has 0 saturated heterocycles. The lowest BCUT2D eigenvalue weighted by Gasteiger charge is -2.18. The van der Waals surface area contributed by atoms with E-state index in [2.05, 4.69) is 0 Å². The Morgan fingerprint density at radius 3 is 2.46 bits per heavy atom. The molecule has 0 fully saturated rings. The summed E-state index contributed by atoms with van der Waals surface area (Å²) in [4.78, 5) is 24.6. The number of carbonyl (C=O) groups is 2. The van der Waals surface area contributed by atoms with Gasteiger partial charge in [-0.1, -0.05) is 29.3 Å². The molecule has 6 nitrogen and oxygen atoms in total. The van der Waals surface area contributed by atoms with Crippen LogP contribution in [0.1, 0.15) is 33.2 Å². The summed E-state index contributed by atoms with van der Waals surface area (Å²) in [6.07, 6.45) is 0.519. The molecule has 0 radical (unpaired) electrons. The van der Waals surface area contributed by atoms with Gasteiger partial charge in [-0.25, -0.2) is 13.2 Å². The number of benzene rings is 2. The highest BCUT2D eigenvalue weighted by atomic mass is 35.5. The predicted octanol–water partition coefficient (Wildman–Crippen LogP) is 3.75. The Morgan fingerprint density at radius 2 is 1.82 bits per heavy atom. The molecule has 0 aromatic heterocycles. The smallest absolute Gasteiger partial charge is 0.341 e. The van der Waals surface area contributed by atoms with Crippen LogP contribution in [0.3, 0.4) is 0 Å². The van der Waals surface area contributed by atoms with Crippen molar-refractivity contribution in [2.75, 3.05) is 23.2 Å². The van der Waals surface area contributed by atoms with Crippen molar-refractivity contribution in [3.8, 4) is 0 Å². The summed E-state index contributed by atoms with van der Waals surface area (Å²) in [5.41, 5.74) is 1.70. The number of ether oxygens (including phenoxy) is 1. The standard InChI is InChI=1S/C19H17Cl2NO5S/c1-2-28(25,26)22-9-8-12-10-13(6-7-16(12)22)17(23)11-27-19(24)18-14(20)4-3-5-15(18)21/h3-7,10H,2,8-9,11H2,1H3. The van der Waals surface area contributed by atoms with Gasteiger partial charge in [0.1, 0.15) is 0 Å². The third-order valence-electron chi connectivity index (χ3n) is 4.46. The fourth-order valence-electron chi connectivity index (χ4n) is 2.97. The first-order chi connectivity index (χ1) is 13.2. The van der Waals surface area contributed by atoms with E-state index >= 15 is 0 Å². The number of anilines is 1. The summed E-state index contributed by atoms with van der Waals surface area (Å²) in [6, 6.07) is 9.37. The number of ketones is 1. The second-order valence-electron chi connectivity index (χ2n) is 6.16. The topological polar surface area (TPSA) is 80.8 Å². The number of rotatable bonds is 6. The second-order valence-corrected chi connectivity index (χ2v) is 9.16. The molecule has 2 aromatic rings. The van der Waals surface area contributed by atoms with Gasteiger partial charge in [0.05, 0.1) is 27.0 Å². The first kappa shape index (κ1) is 20.6. The van der Waals surface area contributed by atoms with Gasteiger partial charge in [0, 0.05) is 12.1 Å². The van der Waals surface area contributed by atoms with E-state index in [0.29, 0.717) is 24.2 Å². The van der Waals surface area contributed by atoms with Gasteiger partial charge in [0.15, 0.2) is 12.4 Å². The second kappa shape index (κ2) is 8.11. The highest BCUT2D eigenvalue weighted by molar-refractivity contribution is 7.92. The quantitative estimate of drug-likeness (QED) is 0.503. The number of Topliss-reactive ketones (excluding diaryl/α,β-unsaturated/α-hetero) is 1. The van der Waals surface area contributed by atoms with Crippen LogP contribution in [-0.2, 0) is 21.2 Å². The first-order valence-electron chi connectivity index (χ1n) is 8.52. The molecule has 0 N–H and O–H groups in total. The molecule has 28 heavy (non-hydrogen) atoms. The van der Waals surface area contributed by atoms with E-state index in [4.69, 9.17) is 27.9 Å². The van der Waals surface area contributed by atoms with Crippen LogP contribution in [0.15, 0.2) is 36.4 Å². The molecule has 0 amide bonds. The van der Waals surface area contributed by atoms with Crippen molar-refractivity contribution < 1.29 is 22.7 Å². The molecule has 0 atom stereocenters. The third kappa shape index (κ3) is 4.01. The maximum Gasteiger partial charge on any atom is 0.341 e. The molecule has 148 valence electrons. The number of hydrogen-bond donors (Lipinski definition) is 0. The number of nitrogens with zero attached hydrogens (tertiary/aromatic N) is 1. The first-order valence-corrected chi connectivity index (χ1v) is 10.9. The maximum atomic E-state index is 12.4. The number of esters is 1. The largest absolute Gasteiger partial charge is 0.454 e. The zero-order chi connectivity index (χ0) is 20.5. The molecule has 0 aliphatic carbocycles. The number of sulfonamides is 1. The van der Waals surface area contributed by atoms with E-state index < -0.39 is 28.4 Å². The number of carbonyl (C=O) groups excluding carboxylic acids is 2. The van der Waals surface area contributed by atoms with Crippen molar-refractivity contribution in [3.63, 3.8) is 0 Å². The Balaban J connectivity index is 1.72. The molecule has 0 unspecified atom stereocenters. The average molecular weight is 442 g/mol. The molecule has 1 aliphatic heterocycles. The van der Waals surface area contributed by atoms with Crippen molar-refractivity contribution >= 4 is 50.7 Å². The van der Waals surface area contributed by atoms with E-state index in [0.717, 1.165) is 5.56 Å². The van der Waals surface area contributed by atoms with Crippen molar-refractivity contribution in [1.29, 1.82) is 0 Å². The van der Waals surface area contributed by atoms with E-state index in [9.17, 15) is 18.0 Å². The van der Waals surface area contributed by atoms with Crippen LogP contribution in [0.25, 0.3) is 0 Å². The van der Waals surface area contributed by atoms with Crippen LogP contribution in [0.2, 0.25) is 10.0 Å². The van der Waals surface area contributed by atoms with Crippen molar-refractivity contribution in [1.82, 2.24) is 0 Å². The summed E-state index contributed by atoms with van der Waals surface area (Å²) in [5, 5.41) is 0.277. The Labute approximate surface area is 173 Å². The van der Waals surface area contributed by atoms with Crippen molar-refractivity contribution in [2.45, 2.75) is 13.3 Å². The molecule has 0 saturated carbocycles. The van der Waals surface area contributed by atoms with Crippen LogP contribution in [0.5, 0.6) is 0 Å². The lowest BCUT2D eigenvalue weighted by molar-refractivity contribution is 0.0475. The lowest BCUT2D eigenvalue weighted by Crippen LogP contribution is -2.30. The summed E-state index contributed by atoms with van der Waals surface area (Å²) < 4.78 is 30.7. The lowest BCUT2D eigenvalue weighted by atomic mass is 10.1. The summed E-state index contributed by atoms with van der Waals surface area (Å²) in [7, 11) is -3.35. The van der Waals surface area contributed by atoms with Crippen molar-refractivity contribution in [3.05, 3.63) is 63.1 Å². The Hall–Kier alpha value is -2.09. The van der Waals surface area contributed by atoms with Gasteiger partial charge in [-0.3, -0.25) is 9.10 Å². The summed E-state index contributed by atoms with van der Waals surface area (Å²) in [6.45, 7) is 1.46. The van der Waals surface area contributed by atoms with Crippen LogP contribution < -0.4 is 4.31 Å². The normalized spacial score (nSPS) is 13.3. The SMILES string of the molecule is CCS(=O)(=O)N1CCc2cc(C(=O)COC(=O)c3c(Cl)cccc3Cl)ccc21. The fourth-order valence-corrected chi connectivity index (χ4v) is 4.68. The van der Waals surface area contributed by atoms with Gasteiger partial charge in [0.2, 0.25) is 10.0 Å². The van der Waals surface area contributed by atoms with Crippen LogP contribution in [0, 0.1) is 0 Å². The molecular weight excluding hydrogens is 425 g/mol. The minimum absolute atomic E-state index is 0.00741. The average Bonchev–Trinajstić information content (AvgIpc) is 3.10. The Kier molecular flexibility index (Phi) is 5.98. The predicted molar refractivity (Wildman–Crippen MR) is 108 cm³/mol. The van der Waals surface area contributed by atoms with E-state index in [1.54, 1.807) is 25.1 Å². The number of hydrogen-bond acceptors (Lipinski definition) is 5. The highest BCUT2D eigenvalue weighted by Crippen LogP contribution is 2.31. The van der Waals surface area contributed by atoms with Gasteiger partial charge >= 0.3 is 5.97 Å². The van der Waals surface area contributed by atoms with Gasteiger partial charge in [-0.05, 0) is 49.2 Å². The Morgan fingerprint density at radius 1 is 1.14 bits per heavy atom. The highest BCUT2D eigenvalue weighted by Gasteiger charge is 2.28. The third-order valence-corrected chi connectivity index (χ3v) is 6.87. The van der Waals surface area contributed by atoms with Crippen LogP contribution in [0.4, 0.5) is 5.69 Å². The zero-order valence-corrected chi connectivity index (χ0v) is 17.3. The number of fused-ring (bicyclic) bond motifs is 1. The van der Waals surface area contributed by atoms with Crippen LogP contribution in [-0.4, -0.2) is 39.1 Å². The molecule has 0 spiro atoms. The summed E-state index contributed by atoms with van der Waals surface area (Å²) in [5.74, 6) is -1.19. The van der Waals surface area contributed by atoms with E-state index in [1.807, 2.05) is 0 Å². The maximum absolute atomic E-state index is 12.4. The van der Waals surface area contributed by atoms with Crippen molar-refractivity contribution in [2.24, 2.45) is 0 Å². The van der Waals surface area contributed by atoms with Gasteiger partial charge < -0.3 is 4.74 Å². The molecule has 2 aromatic carbocycles.